The largest absolute Gasteiger partial charge is 0.460 e. The normalized spacial score (nSPS) is 10.4. The summed E-state index contributed by atoms with van der Waals surface area (Å²) in [6.07, 6.45) is 4.90. The lowest BCUT2D eigenvalue weighted by molar-refractivity contribution is 0.0511. The first-order chi connectivity index (χ1) is 6.83. The standard InChI is InChI=1S/C9H9N3O2/c1-2-14-9(13)8-11-6-7-10-4-3-5-12(7)8/h3-6H,2H2,1H3. The number of nitrogens with zero attached hydrogens (tertiary/aromatic N) is 3. The Kier molecular flexibility index (Phi) is 2.14. The molecule has 0 bridgehead atoms. The van der Waals surface area contributed by atoms with Crippen molar-refractivity contribution in [1.82, 2.24) is 14.4 Å². The van der Waals surface area contributed by atoms with Gasteiger partial charge in [-0.15, -0.1) is 0 Å². The van der Waals surface area contributed by atoms with E-state index in [0.29, 0.717) is 12.3 Å². The van der Waals surface area contributed by atoms with Gasteiger partial charge in [-0.05, 0) is 13.0 Å². The van der Waals surface area contributed by atoms with Crippen molar-refractivity contribution in [2.75, 3.05) is 6.61 Å². The highest BCUT2D eigenvalue weighted by Crippen LogP contribution is 2.04. The van der Waals surface area contributed by atoms with Crippen molar-refractivity contribution in [2.24, 2.45) is 0 Å². The summed E-state index contributed by atoms with van der Waals surface area (Å²) in [6, 6.07) is 1.73. The molecule has 0 aliphatic rings. The molecular weight excluding hydrogens is 182 g/mol. The van der Waals surface area contributed by atoms with E-state index in [2.05, 4.69) is 9.97 Å². The van der Waals surface area contributed by atoms with Gasteiger partial charge in [0.15, 0.2) is 5.65 Å². The Bertz CT molecular complexity index is 464. The van der Waals surface area contributed by atoms with Crippen molar-refractivity contribution in [1.29, 1.82) is 0 Å². The number of esters is 1. The van der Waals surface area contributed by atoms with Crippen LogP contribution in [0.3, 0.4) is 0 Å². The fourth-order valence-corrected chi connectivity index (χ4v) is 1.18. The van der Waals surface area contributed by atoms with E-state index in [0.717, 1.165) is 0 Å². The van der Waals surface area contributed by atoms with Gasteiger partial charge in [0.05, 0.1) is 12.8 Å². The molecule has 0 aliphatic heterocycles. The van der Waals surface area contributed by atoms with Crippen LogP contribution in [0.15, 0.2) is 24.7 Å². The van der Waals surface area contributed by atoms with Crippen LogP contribution in [0.1, 0.15) is 17.5 Å². The Labute approximate surface area is 80.4 Å². The third-order valence-electron chi connectivity index (χ3n) is 1.76. The van der Waals surface area contributed by atoms with Crippen LogP contribution in [0.25, 0.3) is 5.65 Å². The molecule has 72 valence electrons. The summed E-state index contributed by atoms with van der Waals surface area (Å²) in [4.78, 5) is 19.4. The lowest BCUT2D eigenvalue weighted by Crippen LogP contribution is -2.09. The number of hydrogen-bond donors (Lipinski definition) is 0. The minimum absolute atomic E-state index is 0.259. The lowest BCUT2D eigenvalue weighted by atomic mass is 10.6. The van der Waals surface area contributed by atoms with Gasteiger partial charge in [-0.2, -0.15) is 0 Å². The summed E-state index contributed by atoms with van der Waals surface area (Å²) in [5, 5.41) is 0. The number of aromatic nitrogens is 3. The van der Waals surface area contributed by atoms with E-state index in [9.17, 15) is 4.79 Å². The molecular formula is C9H9N3O2. The molecule has 0 saturated carbocycles. The molecule has 0 atom stereocenters. The van der Waals surface area contributed by atoms with Gasteiger partial charge in [0.1, 0.15) is 0 Å². The molecule has 0 unspecified atom stereocenters. The highest BCUT2D eigenvalue weighted by molar-refractivity contribution is 5.86. The third-order valence-corrected chi connectivity index (χ3v) is 1.76. The average molecular weight is 191 g/mol. The van der Waals surface area contributed by atoms with Crippen molar-refractivity contribution < 1.29 is 9.53 Å². The highest BCUT2D eigenvalue weighted by Gasteiger charge is 2.13. The predicted molar refractivity (Wildman–Crippen MR) is 48.9 cm³/mol. The first kappa shape index (κ1) is 8.68. The van der Waals surface area contributed by atoms with Gasteiger partial charge in [0.2, 0.25) is 5.82 Å². The van der Waals surface area contributed by atoms with Gasteiger partial charge in [0, 0.05) is 12.4 Å². The highest BCUT2D eigenvalue weighted by atomic mass is 16.5. The van der Waals surface area contributed by atoms with Crippen LogP contribution in [0.5, 0.6) is 0 Å². The quantitative estimate of drug-likeness (QED) is 0.662. The number of hydrogen-bond acceptors (Lipinski definition) is 4. The minimum atomic E-state index is -0.430. The molecule has 0 fully saturated rings. The van der Waals surface area contributed by atoms with E-state index in [1.807, 2.05) is 0 Å². The summed E-state index contributed by atoms with van der Waals surface area (Å²) in [6.45, 7) is 2.10. The van der Waals surface area contributed by atoms with Crippen LogP contribution in [0, 0.1) is 0 Å². The average Bonchev–Trinajstić information content (AvgIpc) is 2.61. The number of ether oxygens (including phenoxy) is 1. The Morgan fingerprint density at radius 2 is 2.43 bits per heavy atom. The number of rotatable bonds is 2. The molecule has 0 N–H and O–H groups in total. The van der Waals surface area contributed by atoms with Crippen molar-refractivity contribution in [2.45, 2.75) is 6.92 Å². The summed E-state index contributed by atoms with van der Waals surface area (Å²) < 4.78 is 6.44. The smallest absolute Gasteiger partial charge is 0.374 e. The fourth-order valence-electron chi connectivity index (χ4n) is 1.18. The maximum atomic E-state index is 11.4. The zero-order chi connectivity index (χ0) is 9.97. The summed E-state index contributed by atoms with van der Waals surface area (Å²) in [7, 11) is 0. The Morgan fingerprint density at radius 1 is 1.57 bits per heavy atom. The van der Waals surface area contributed by atoms with Crippen LogP contribution in [0.4, 0.5) is 0 Å². The van der Waals surface area contributed by atoms with E-state index < -0.39 is 5.97 Å². The van der Waals surface area contributed by atoms with Gasteiger partial charge in [-0.3, -0.25) is 4.40 Å². The molecule has 0 radical (unpaired) electrons. The van der Waals surface area contributed by atoms with Crippen molar-refractivity contribution in [3.63, 3.8) is 0 Å². The predicted octanol–water partition coefficient (Wildman–Crippen LogP) is 0.906. The van der Waals surface area contributed by atoms with Crippen molar-refractivity contribution in [3.8, 4) is 0 Å². The topological polar surface area (TPSA) is 56.5 Å². The Hall–Kier alpha value is -1.91. The zero-order valence-electron chi connectivity index (χ0n) is 7.67. The summed E-state index contributed by atoms with van der Waals surface area (Å²) >= 11 is 0. The molecule has 2 rings (SSSR count). The molecule has 2 aromatic heterocycles. The molecule has 2 aromatic rings. The number of carbonyl (C=O) groups is 1. The van der Waals surface area contributed by atoms with Gasteiger partial charge >= 0.3 is 5.97 Å². The number of imidazole rings is 1. The second kappa shape index (κ2) is 3.45. The molecule has 0 aromatic carbocycles. The molecule has 14 heavy (non-hydrogen) atoms. The van der Waals surface area contributed by atoms with E-state index in [1.54, 1.807) is 29.8 Å². The third kappa shape index (κ3) is 1.32. The molecule has 0 amide bonds. The maximum Gasteiger partial charge on any atom is 0.374 e. The number of carbonyl (C=O) groups excluding carboxylic acids is 1. The second-order valence-electron chi connectivity index (χ2n) is 2.65. The maximum absolute atomic E-state index is 11.4. The molecule has 5 nitrogen and oxygen atoms in total. The minimum Gasteiger partial charge on any atom is -0.460 e. The second-order valence-corrected chi connectivity index (χ2v) is 2.65. The Balaban J connectivity index is 2.47. The SMILES string of the molecule is CCOC(=O)c1ncc2ncccn12. The van der Waals surface area contributed by atoms with Gasteiger partial charge < -0.3 is 4.74 Å². The van der Waals surface area contributed by atoms with Crippen molar-refractivity contribution >= 4 is 11.6 Å². The van der Waals surface area contributed by atoms with Crippen molar-refractivity contribution in [3.05, 3.63) is 30.5 Å². The molecule has 2 heterocycles. The monoisotopic (exact) mass is 191 g/mol. The van der Waals surface area contributed by atoms with Gasteiger partial charge in [-0.1, -0.05) is 0 Å². The van der Waals surface area contributed by atoms with Crippen LogP contribution >= 0.6 is 0 Å². The summed E-state index contributed by atoms with van der Waals surface area (Å²) in [5.74, 6) is -0.171. The van der Waals surface area contributed by atoms with Gasteiger partial charge in [-0.25, -0.2) is 14.8 Å². The van der Waals surface area contributed by atoms with Gasteiger partial charge in [0.25, 0.3) is 0 Å². The van der Waals surface area contributed by atoms with E-state index in [4.69, 9.17) is 4.74 Å². The van der Waals surface area contributed by atoms with Crippen LogP contribution in [0.2, 0.25) is 0 Å². The zero-order valence-corrected chi connectivity index (χ0v) is 7.67. The molecule has 0 saturated heterocycles. The first-order valence-corrected chi connectivity index (χ1v) is 4.28. The van der Waals surface area contributed by atoms with E-state index >= 15 is 0 Å². The molecule has 5 heteroatoms. The Morgan fingerprint density at radius 3 is 3.21 bits per heavy atom. The fraction of sp³-hybridized carbons (Fsp3) is 0.222. The van der Waals surface area contributed by atoms with Crippen LogP contribution in [-0.4, -0.2) is 26.9 Å². The van der Waals surface area contributed by atoms with E-state index in [-0.39, 0.29) is 5.82 Å². The molecule has 0 spiro atoms. The van der Waals surface area contributed by atoms with Crippen LogP contribution in [-0.2, 0) is 4.74 Å². The summed E-state index contributed by atoms with van der Waals surface area (Å²) in [5.41, 5.74) is 0.635. The molecule has 0 aliphatic carbocycles. The number of fused-ring (bicyclic) bond motifs is 1. The first-order valence-electron chi connectivity index (χ1n) is 4.28. The lowest BCUT2D eigenvalue weighted by Gasteiger charge is -1.99. The van der Waals surface area contributed by atoms with E-state index in [1.165, 1.54) is 6.20 Å². The van der Waals surface area contributed by atoms with Crippen LogP contribution < -0.4 is 0 Å².